The first-order chi connectivity index (χ1) is 24.2. The molecule has 0 spiro atoms. The summed E-state index contributed by atoms with van der Waals surface area (Å²) in [5, 5.41) is 15.8. The zero-order valence-electron chi connectivity index (χ0n) is 29.0. The molecule has 3 aromatic rings. The van der Waals surface area contributed by atoms with Gasteiger partial charge in [-0.2, -0.15) is 0 Å². The number of H-pyrrole nitrogens is 2. The number of rotatable bonds is 0. The second-order valence-electron chi connectivity index (χ2n) is 12.8. The van der Waals surface area contributed by atoms with Gasteiger partial charge in [-0.15, -0.1) is 0 Å². The van der Waals surface area contributed by atoms with Crippen molar-refractivity contribution in [3.63, 3.8) is 0 Å². The molecule has 0 atom stereocenters. The molecular formula is C39H55N9O. The topological polar surface area (TPSA) is 135 Å². The molecule has 0 aromatic carbocycles. The van der Waals surface area contributed by atoms with E-state index in [1.165, 1.54) is 64.7 Å². The van der Waals surface area contributed by atoms with Crippen LogP contribution in [0.5, 0.6) is 0 Å². The van der Waals surface area contributed by atoms with Gasteiger partial charge in [-0.1, -0.05) is 12.8 Å². The van der Waals surface area contributed by atoms with Gasteiger partial charge in [-0.3, -0.25) is 4.79 Å². The Kier molecular flexibility index (Phi) is 15.6. The molecule has 3 aromatic heterocycles. The van der Waals surface area contributed by atoms with E-state index in [2.05, 4.69) is 76.9 Å². The summed E-state index contributed by atoms with van der Waals surface area (Å²) in [6.45, 7) is 10.4. The van der Waals surface area contributed by atoms with Gasteiger partial charge in [0.2, 0.25) is 5.91 Å². The maximum atomic E-state index is 10.4. The first-order valence-corrected chi connectivity index (χ1v) is 18.3. The summed E-state index contributed by atoms with van der Waals surface area (Å²) in [7, 11) is 0. The lowest BCUT2D eigenvalue weighted by molar-refractivity contribution is -0.122. The summed E-state index contributed by atoms with van der Waals surface area (Å²) in [5.41, 5.74) is 7.86. The normalized spacial score (nSPS) is 18.1. The lowest BCUT2D eigenvalue weighted by Gasteiger charge is -2.11. The molecule has 4 saturated heterocycles. The van der Waals surface area contributed by atoms with Crippen LogP contribution in [-0.2, 0) is 4.79 Å². The van der Waals surface area contributed by atoms with Crippen molar-refractivity contribution in [3.8, 4) is 0 Å². The summed E-state index contributed by atoms with van der Waals surface area (Å²) in [4.78, 5) is 26.4. The number of nitrogens with one attached hydrogen (secondary N) is 7. The van der Waals surface area contributed by atoms with Gasteiger partial charge in [-0.05, 0) is 138 Å². The van der Waals surface area contributed by atoms with Gasteiger partial charge >= 0.3 is 0 Å². The molecule has 0 unspecified atom stereocenters. The molecule has 0 saturated carbocycles. The Balaban J connectivity index is 0.000000151. The van der Waals surface area contributed by atoms with Crippen molar-refractivity contribution >= 4 is 52.3 Å². The number of amides is 1. The van der Waals surface area contributed by atoms with E-state index in [1.807, 2.05) is 42.5 Å². The Bertz CT molecular complexity index is 1480. The molecule has 9 heterocycles. The van der Waals surface area contributed by atoms with Crippen molar-refractivity contribution in [1.82, 2.24) is 46.5 Å². The van der Waals surface area contributed by atoms with E-state index in [0.717, 1.165) is 96.8 Å². The number of piperazine rings is 1. The van der Waals surface area contributed by atoms with E-state index >= 15 is 0 Å². The fourth-order valence-electron chi connectivity index (χ4n) is 5.88. The largest absolute Gasteiger partial charge is 0.356 e. The van der Waals surface area contributed by atoms with Crippen LogP contribution in [0.4, 0.5) is 0 Å². The van der Waals surface area contributed by atoms with E-state index in [1.54, 1.807) is 0 Å². The number of carbonyl (C=O) groups is 1. The minimum Gasteiger partial charge on any atom is -0.356 e. The second kappa shape index (κ2) is 21.1. The fourth-order valence-corrected chi connectivity index (χ4v) is 5.88. The van der Waals surface area contributed by atoms with Crippen LogP contribution in [0.15, 0.2) is 48.5 Å². The van der Waals surface area contributed by atoms with Crippen molar-refractivity contribution in [1.29, 1.82) is 0 Å². The fraction of sp³-hybridized carbons (Fsp3) is 0.462. The van der Waals surface area contributed by atoms with E-state index in [4.69, 9.17) is 0 Å². The lowest BCUT2D eigenvalue weighted by Crippen LogP contribution is -2.39. The number of aromatic amines is 2. The van der Waals surface area contributed by atoms with Crippen molar-refractivity contribution < 1.29 is 4.79 Å². The predicted molar refractivity (Wildman–Crippen MR) is 205 cm³/mol. The Morgan fingerprint density at radius 3 is 1.10 bits per heavy atom. The average molecular weight is 666 g/mol. The number of nitrogens with zero attached hydrogens (tertiary/aromatic N) is 2. The van der Waals surface area contributed by atoms with Crippen LogP contribution >= 0.6 is 0 Å². The van der Waals surface area contributed by atoms with Crippen molar-refractivity contribution in [3.05, 3.63) is 71.3 Å². The molecule has 0 radical (unpaired) electrons. The van der Waals surface area contributed by atoms with E-state index < -0.39 is 0 Å². The molecule has 6 aliphatic heterocycles. The highest BCUT2D eigenvalue weighted by Gasteiger charge is 2.05. The van der Waals surface area contributed by atoms with Crippen LogP contribution in [-0.4, -0.2) is 84.7 Å². The van der Waals surface area contributed by atoms with Crippen LogP contribution in [0.25, 0.3) is 46.4 Å². The second-order valence-corrected chi connectivity index (χ2v) is 12.8. The van der Waals surface area contributed by atoms with E-state index in [0.29, 0.717) is 0 Å². The van der Waals surface area contributed by atoms with Crippen molar-refractivity contribution in [2.75, 3.05) is 58.9 Å². The molecule has 7 N–H and O–H groups in total. The summed E-state index contributed by atoms with van der Waals surface area (Å²) >= 11 is 0. The predicted octanol–water partition coefficient (Wildman–Crippen LogP) is 5.64. The highest BCUT2D eigenvalue weighted by molar-refractivity contribution is 5.77. The third-order valence-electron chi connectivity index (χ3n) is 8.57. The third kappa shape index (κ3) is 14.1. The highest BCUT2D eigenvalue weighted by atomic mass is 16.1. The Labute approximate surface area is 291 Å². The molecule has 4 fully saturated rings. The lowest BCUT2D eigenvalue weighted by atomic mass is 10.2. The standard InChI is InChI=1S/C20H14N4.C5H9NO.2C5H11N.C4H10N2/c1-2-14-10-16-5-6-18(23-16)12-20-8-7-19(24-20)11-17-4-3-15(22-17)9-13(1)21-14;7-5-3-1-2-4-6-5;2*1-2-4-6-5-3-1;1-2-6-4-3-5-1/h1-12,21-22H;1-4H2,(H,6,7);2*6H,1-5H2;5-6H,1-4H2. The van der Waals surface area contributed by atoms with Gasteiger partial charge < -0.3 is 36.6 Å². The molecule has 262 valence electrons. The number of aromatic nitrogens is 4. The number of hydrogen-bond donors (Lipinski definition) is 7. The molecular weight excluding hydrogens is 610 g/mol. The number of piperidine rings is 3. The molecule has 49 heavy (non-hydrogen) atoms. The molecule has 10 nitrogen and oxygen atoms in total. The van der Waals surface area contributed by atoms with Gasteiger partial charge in [-0.25, -0.2) is 9.97 Å². The monoisotopic (exact) mass is 665 g/mol. The first-order valence-electron chi connectivity index (χ1n) is 18.3. The zero-order chi connectivity index (χ0) is 33.8. The van der Waals surface area contributed by atoms with Crippen LogP contribution in [0.3, 0.4) is 0 Å². The Morgan fingerprint density at radius 2 is 0.796 bits per heavy atom. The number of fused-ring (bicyclic) bond motifs is 8. The molecule has 6 aliphatic rings. The molecule has 9 rings (SSSR count). The smallest absolute Gasteiger partial charge is 0.219 e. The summed E-state index contributed by atoms with van der Waals surface area (Å²) in [6, 6.07) is 16.4. The van der Waals surface area contributed by atoms with Crippen LogP contribution in [0, 0.1) is 0 Å². The quantitative estimate of drug-likeness (QED) is 0.114. The summed E-state index contributed by atoms with van der Waals surface area (Å²) in [6.07, 6.45) is 19.4. The van der Waals surface area contributed by atoms with E-state index in [9.17, 15) is 4.79 Å². The maximum Gasteiger partial charge on any atom is 0.219 e. The zero-order valence-corrected chi connectivity index (χ0v) is 29.0. The van der Waals surface area contributed by atoms with Gasteiger partial charge in [0.25, 0.3) is 0 Å². The summed E-state index contributed by atoms with van der Waals surface area (Å²) in [5.74, 6) is 0.214. The van der Waals surface area contributed by atoms with Gasteiger partial charge in [0.1, 0.15) is 0 Å². The van der Waals surface area contributed by atoms with E-state index in [-0.39, 0.29) is 5.91 Å². The maximum absolute atomic E-state index is 10.4. The van der Waals surface area contributed by atoms with Crippen LogP contribution < -0.4 is 26.6 Å². The SMILES string of the molecule is C1=Cc2cc3ccc(cc4ccc(cc5nc(cc1n2)C=C5)[nH]4)[nH]3.C1CCNCC1.C1CCNCC1.C1CNCCN1.O=C1CCCCN1. The molecule has 8 bridgehead atoms. The minimum absolute atomic E-state index is 0.214. The molecule has 0 aliphatic carbocycles. The molecule has 10 heteroatoms. The number of carbonyl (C=O) groups excluding carboxylic acids is 1. The Morgan fingerprint density at radius 1 is 0.408 bits per heavy atom. The third-order valence-corrected chi connectivity index (χ3v) is 8.57. The van der Waals surface area contributed by atoms with Gasteiger partial charge in [0.15, 0.2) is 0 Å². The van der Waals surface area contributed by atoms with Crippen LogP contribution in [0.2, 0.25) is 0 Å². The van der Waals surface area contributed by atoms with Crippen molar-refractivity contribution in [2.24, 2.45) is 0 Å². The minimum atomic E-state index is 0.214. The Hall–Kier alpha value is -4.09. The number of hydrogen-bond acceptors (Lipinski definition) is 7. The van der Waals surface area contributed by atoms with Gasteiger partial charge in [0, 0.05) is 61.2 Å². The molecule has 1 amide bonds. The first kappa shape index (κ1) is 36.2. The summed E-state index contributed by atoms with van der Waals surface area (Å²) < 4.78 is 0. The van der Waals surface area contributed by atoms with Crippen molar-refractivity contribution in [2.45, 2.75) is 57.8 Å². The average Bonchev–Trinajstić information content (AvgIpc) is 3.99. The highest BCUT2D eigenvalue weighted by Crippen LogP contribution is 2.17. The van der Waals surface area contributed by atoms with Crippen LogP contribution in [0.1, 0.15) is 80.6 Å². The van der Waals surface area contributed by atoms with Gasteiger partial charge in [0.05, 0.1) is 22.8 Å².